The standard InChI is InChI=1S/C21H15Cl2NO2/c22-13-8-14(23)10-15(9-13)24-20(25)18-12-6-16(11-4-2-1-3-5-11)17(7-12)19(18)21(24)26/h1-6,8-10,12,17,25-26H,7H2. The summed E-state index contributed by atoms with van der Waals surface area (Å²) in [6.45, 7) is 0. The Kier molecular flexibility index (Phi) is 3.40. The Morgan fingerprint density at radius 2 is 1.54 bits per heavy atom. The third-order valence-corrected chi connectivity index (χ3v) is 5.81. The Hall–Kier alpha value is -2.36. The SMILES string of the molecule is Oc1c2c(c(O)n1-c1cc(Cl)cc(Cl)c1)C1CC2C=C1c1ccccc1. The number of allylic oxidation sites excluding steroid dienone is 2. The molecule has 0 saturated heterocycles. The van der Waals surface area contributed by atoms with Crippen LogP contribution in [0.1, 0.15) is 34.9 Å². The molecular formula is C21H15Cl2NO2. The van der Waals surface area contributed by atoms with Gasteiger partial charge in [-0.1, -0.05) is 59.6 Å². The zero-order valence-corrected chi connectivity index (χ0v) is 15.2. The van der Waals surface area contributed by atoms with Gasteiger partial charge in [0.25, 0.3) is 0 Å². The van der Waals surface area contributed by atoms with Gasteiger partial charge in [0.15, 0.2) is 0 Å². The van der Waals surface area contributed by atoms with E-state index < -0.39 is 0 Å². The van der Waals surface area contributed by atoms with Crippen molar-refractivity contribution in [1.82, 2.24) is 4.57 Å². The first-order valence-electron chi connectivity index (χ1n) is 8.44. The summed E-state index contributed by atoms with van der Waals surface area (Å²) in [6, 6.07) is 15.2. The summed E-state index contributed by atoms with van der Waals surface area (Å²) in [6.07, 6.45) is 3.09. The lowest BCUT2D eigenvalue weighted by molar-refractivity contribution is 0.395. The smallest absolute Gasteiger partial charge is 0.202 e. The molecule has 0 saturated carbocycles. The molecule has 0 aliphatic heterocycles. The zero-order chi connectivity index (χ0) is 18.0. The lowest BCUT2D eigenvalue weighted by Crippen LogP contribution is -1.98. The molecule has 2 bridgehead atoms. The molecule has 3 nitrogen and oxygen atoms in total. The lowest BCUT2D eigenvalue weighted by Gasteiger charge is -2.15. The summed E-state index contributed by atoms with van der Waals surface area (Å²) in [4.78, 5) is 0. The molecule has 2 aliphatic carbocycles. The second-order valence-corrected chi connectivity index (χ2v) is 7.69. The van der Waals surface area contributed by atoms with Crippen LogP contribution < -0.4 is 0 Å². The third kappa shape index (κ3) is 2.14. The van der Waals surface area contributed by atoms with Gasteiger partial charge in [-0.05, 0) is 35.8 Å². The number of halogens is 2. The number of benzene rings is 2. The van der Waals surface area contributed by atoms with E-state index in [1.165, 1.54) is 10.1 Å². The lowest BCUT2D eigenvalue weighted by atomic mass is 9.89. The van der Waals surface area contributed by atoms with Crippen molar-refractivity contribution in [2.24, 2.45) is 0 Å². The van der Waals surface area contributed by atoms with Gasteiger partial charge in [0.2, 0.25) is 11.8 Å². The van der Waals surface area contributed by atoms with Crippen LogP contribution in [0, 0.1) is 0 Å². The molecule has 3 aromatic rings. The van der Waals surface area contributed by atoms with Crippen LogP contribution in [0.2, 0.25) is 10.0 Å². The minimum atomic E-state index is 0.0601. The Labute approximate surface area is 160 Å². The molecule has 2 unspecified atom stereocenters. The first kappa shape index (κ1) is 15.9. The van der Waals surface area contributed by atoms with Crippen molar-refractivity contribution in [3.63, 3.8) is 0 Å². The van der Waals surface area contributed by atoms with Gasteiger partial charge in [0.05, 0.1) is 5.69 Å². The second-order valence-electron chi connectivity index (χ2n) is 6.82. The fourth-order valence-corrected chi connectivity index (χ4v) is 4.90. The maximum absolute atomic E-state index is 10.9. The number of fused-ring (bicyclic) bond motifs is 5. The van der Waals surface area contributed by atoms with Gasteiger partial charge in [0, 0.05) is 33.0 Å². The van der Waals surface area contributed by atoms with E-state index in [4.69, 9.17) is 23.2 Å². The van der Waals surface area contributed by atoms with E-state index in [9.17, 15) is 10.2 Å². The molecule has 0 radical (unpaired) electrons. The minimum Gasteiger partial charge on any atom is -0.494 e. The van der Waals surface area contributed by atoms with Crippen molar-refractivity contribution in [2.45, 2.75) is 18.3 Å². The van der Waals surface area contributed by atoms with Gasteiger partial charge in [0.1, 0.15) is 0 Å². The number of hydrogen-bond acceptors (Lipinski definition) is 2. The fraction of sp³-hybridized carbons (Fsp3) is 0.143. The zero-order valence-electron chi connectivity index (χ0n) is 13.7. The molecule has 0 fully saturated rings. The van der Waals surface area contributed by atoms with Crippen LogP contribution in [0.4, 0.5) is 0 Å². The van der Waals surface area contributed by atoms with Gasteiger partial charge in [-0.25, -0.2) is 0 Å². The molecule has 0 amide bonds. The molecule has 0 spiro atoms. The normalized spacial score (nSPS) is 20.3. The molecule has 2 aromatic carbocycles. The Bertz CT molecular complexity index is 1050. The van der Waals surface area contributed by atoms with Crippen LogP contribution in [0.3, 0.4) is 0 Å². The van der Waals surface area contributed by atoms with Crippen molar-refractivity contribution in [3.8, 4) is 17.4 Å². The average Bonchev–Trinajstić information content (AvgIpc) is 3.26. The van der Waals surface area contributed by atoms with Gasteiger partial charge in [-0.15, -0.1) is 0 Å². The van der Waals surface area contributed by atoms with Gasteiger partial charge >= 0.3 is 0 Å². The Morgan fingerprint density at radius 3 is 2.23 bits per heavy atom. The molecule has 26 heavy (non-hydrogen) atoms. The van der Waals surface area contributed by atoms with Crippen molar-refractivity contribution in [1.29, 1.82) is 0 Å². The molecule has 130 valence electrons. The van der Waals surface area contributed by atoms with Crippen LogP contribution in [-0.2, 0) is 0 Å². The van der Waals surface area contributed by atoms with E-state index in [0.717, 1.165) is 23.1 Å². The van der Waals surface area contributed by atoms with Gasteiger partial charge in [-0.2, -0.15) is 0 Å². The Morgan fingerprint density at radius 1 is 0.885 bits per heavy atom. The highest BCUT2D eigenvalue weighted by atomic mass is 35.5. The quantitative estimate of drug-likeness (QED) is 0.581. The van der Waals surface area contributed by atoms with Gasteiger partial charge in [-0.3, -0.25) is 4.57 Å². The highest BCUT2D eigenvalue weighted by Gasteiger charge is 2.45. The minimum absolute atomic E-state index is 0.0601. The van der Waals surface area contributed by atoms with Crippen LogP contribution in [0.15, 0.2) is 54.6 Å². The maximum atomic E-state index is 10.9. The highest BCUT2D eigenvalue weighted by Crippen LogP contribution is 2.61. The first-order chi connectivity index (χ1) is 12.5. The summed E-state index contributed by atoms with van der Waals surface area (Å²) >= 11 is 12.2. The molecule has 2 aliphatic rings. The molecule has 5 heteroatoms. The number of nitrogens with zero attached hydrogens (tertiary/aromatic N) is 1. The predicted molar refractivity (Wildman–Crippen MR) is 104 cm³/mol. The van der Waals surface area contributed by atoms with Gasteiger partial charge < -0.3 is 10.2 Å². The summed E-state index contributed by atoms with van der Waals surface area (Å²) < 4.78 is 1.43. The van der Waals surface area contributed by atoms with E-state index in [1.54, 1.807) is 18.2 Å². The number of hydrogen-bond donors (Lipinski definition) is 2. The van der Waals surface area contributed by atoms with E-state index in [0.29, 0.717) is 15.7 Å². The van der Waals surface area contributed by atoms with Crippen LogP contribution in [0.25, 0.3) is 11.3 Å². The number of aromatic nitrogens is 1. The van der Waals surface area contributed by atoms with Crippen LogP contribution >= 0.6 is 23.2 Å². The largest absolute Gasteiger partial charge is 0.494 e. The van der Waals surface area contributed by atoms with Crippen LogP contribution in [-0.4, -0.2) is 14.8 Å². The van der Waals surface area contributed by atoms with Crippen molar-refractivity contribution in [2.75, 3.05) is 0 Å². The van der Waals surface area contributed by atoms with E-state index >= 15 is 0 Å². The summed E-state index contributed by atoms with van der Waals surface area (Å²) in [5.74, 6) is 0.308. The van der Waals surface area contributed by atoms with Crippen LogP contribution in [0.5, 0.6) is 11.8 Å². The third-order valence-electron chi connectivity index (χ3n) is 5.37. The van der Waals surface area contributed by atoms with E-state index in [1.807, 2.05) is 18.2 Å². The van der Waals surface area contributed by atoms with Crippen molar-refractivity contribution in [3.05, 3.63) is 81.3 Å². The first-order valence-corrected chi connectivity index (χ1v) is 9.20. The maximum Gasteiger partial charge on any atom is 0.202 e. The molecular weight excluding hydrogens is 369 g/mol. The number of rotatable bonds is 2. The molecule has 2 atom stereocenters. The molecule has 1 aromatic heterocycles. The average molecular weight is 384 g/mol. The Balaban J connectivity index is 1.66. The van der Waals surface area contributed by atoms with Crippen molar-refractivity contribution < 1.29 is 10.2 Å². The summed E-state index contributed by atoms with van der Waals surface area (Å²) in [5.41, 5.74) is 4.53. The van der Waals surface area contributed by atoms with E-state index in [-0.39, 0.29) is 23.6 Å². The topological polar surface area (TPSA) is 45.4 Å². The predicted octanol–water partition coefficient (Wildman–Crippen LogP) is 5.86. The van der Waals surface area contributed by atoms with Crippen molar-refractivity contribution >= 4 is 28.8 Å². The summed E-state index contributed by atoms with van der Waals surface area (Å²) in [7, 11) is 0. The number of aromatic hydroxyl groups is 2. The highest BCUT2D eigenvalue weighted by molar-refractivity contribution is 6.34. The summed E-state index contributed by atoms with van der Waals surface area (Å²) in [5, 5.41) is 22.7. The molecule has 1 heterocycles. The van der Waals surface area contributed by atoms with E-state index in [2.05, 4.69) is 18.2 Å². The monoisotopic (exact) mass is 383 g/mol. The fourth-order valence-electron chi connectivity index (χ4n) is 4.39. The second kappa shape index (κ2) is 5.57. The molecule has 2 N–H and O–H groups in total. The molecule has 5 rings (SSSR count).